The molecule has 2 heteroatoms. The standard InChI is InChI=1S/C12H19NS/c1-12(2,3)7-11-10(13-8-14-11)6-9-4-5-9/h8-9H,4-7H2,1-3H3. The van der Waals surface area contributed by atoms with Crippen molar-refractivity contribution in [2.45, 2.75) is 46.5 Å². The molecule has 78 valence electrons. The summed E-state index contributed by atoms with van der Waals surface area (Å²) in [6.07, 6.45) is 5.26. The molecule has 0 saturated heterocycles. The van der Waals surface area contributed by atoms with Crippen molar-refractivity contribution in [2.75, 3.05) is 0 Å². The molecule has 0 radical (unpaired) electrons. The van der Waals surface area contributed by atoms with Crippen molar-refractivity contribution in [3.8, 4) is 0 Å². The van der Waals surface area contributed by atoms with Crippen LogP contribution in [-0.4, -0.2) is 4.98 Å². The molecule has 1 fully saturated rings. The summed E-state index contributed by atoms with van der Waals surface area (Å²) >= 11 is 1.84. The Morgan fingerprint density at radius 2 is 2.14 bits per heavy atom. The SMILES string of the molecule is CC(C)(C)Cc1scnc1CC1CC1. The number of hydrogen-bond donors (Lipinski definition) is 0. The first-order valence-corrected chi connectivity index (χ1v) is 6.34. The van der Waals surface area contributed by atoms with Gasteiger partial charge in [-0.25, -0.2) is 4.98 Å². The van der Waals surface area contributed by atoms with E-state index in [4.69, 9.17) is 0 Å². The maximum Gasteiger partial charge on any atom is 0.0797 e. The first-order valence-electron chi connectivity index (χ1n) is 5.46. The number of rotatable bonds is 3. The lowest BCUT2D eigenvalue weighted by Gasteiger charge is -2.17. The van der Waals surface area contributed by atoms with E-state index >= 15 is 0 Å². The summed E-state index contributed by atoms with van der Waals surface area (Å²) in [6, 6.07) is 0. The normalized spacial score (nSPS) is 17.4. The van der Waals surface area contributed by atoms with Gasteiger partial charge in [0.15, 0.2) is 0 Å². The fourth-order valence-electron chi connectivity index (χ4n) is 1.68. The van der Waals surface area contributed by atoms with Gasteiger partial charge >= 0.3 is 0 Å². The molecule has 1 aliphatic carbocycles. The van der Waals surface area contributed by atoms with Gasteiger partial charge in [-0.2, -0.15) is 0 Å². The molecule has 0 aromatic carbocycles. The lowest BCUT2D eigenvalue weighted by molar-refractivity contribution is 0.412. The lowest BCUT2D eigenvalue weighted by atomic mass is 9.90. The summed E-state index contributed by atoms with van der Waals surface area (Å²) in [7, 11) is 0. The van der Waals surface area contributed by atoms with Crippen LogP contribution >= 0.6 is 11.3 Å². The van der Waals surface area contributed by atoms with Crippen LogP contribution in [0, 0.1) is 11.3 Å². The van der Waals surface area contributed by atoms with E-state index in [2.05, 4.69) is 25.8 Å². The minimum atomic E-state index is 0.394. The molecule has 2 rings (SSSR count). The first kappa shape index (κ1) is 10.2. The average molecular weight is 209 g/mol. The van der Waals surface area contributed by atoms with Gasteiger partial charge < -0.3 is 0 Å². The van der Waals surface area contributed by atoms with Crippen molar-refractivity contribution in [1.29, 1.82) is 0 Å². The summed E-state index contributed by atoms with van der Waals surface area (Å²) in [4.78, 5) is 6.02. The molecule has 0 spiro atoms. The third kappa shape index (κ3) is 2.81. The zero-order valence-corrected chi connectivity index (χ0v) is 10.2. The molecule has 1 aromatic heterocycles. The Balaban J connectivity index is 2.04. The largest absolute Gasteiger partial charge is 0.249 e. The maximum absolute atomic E-state index is 4.50. The van der Waals surface area contributed by atoms with Gasteiger partial charge in [-0.3, -0.25) is 0 Å². The Labute approximate surface area is 90.6 Å². The van der Waals surface area contributed by atoms with Crippen LogP contribution in [0.5, 0.6) is 0 Å². The van der Waals surface area contributed by atoms with Crippen molar-refractivity contribution in [2.24, 2.45) is 11.3 Å². The number of nitrogens with zero attached hydrogens (tertiary/aromatic N) is 1. The minimum Gasteiger partial charge on any atom is -0.249 e. The van der Waals surface area contributed by atoms with Crippen molar-refractivity contribution < 1.29 is 0 Å². The van der Waals surface area contributed by atoms with Crippen molar-refractivity contribution >= 4 is 11.3 Å². The van der Waals surface area contributed by atoms with Gasteiger partial charge in [-0.1, -0.05) is 20.8 Å². The summed E-state index contributed by atoms with van der Waals surface area (Å²) in [5.74, 6) is 0.954. The Morgan fingerprint density at radius 1 is 1.43 bits per heavy atom. The summed E-state index contributed by atoms with van der Waals surface area (Å²) < 4.78 is 0. The molecule has 0 amide bonds. The molecular weight excluding hydrogens is 190 g/mol. The highest BCUT2D eigenvalue weighted by Crippen LogP contribution is 2.35. The highest BCUT2D eigenvalue weighted by atomic mass is 32.1. The van der Waals surface area contributed by atoms with Crippen molar-refractivity contribution in [1.82, 2.24) is 4.98 Å². The Hall–Kier alpha value is -0.370. The lowest BCUT2D eigenvalue weighted by Crippen LogP contribution is -2.09. The highest BCUT2D eigenvalue weighted by Gasteiger charge is 2.25. The van der Waals surface area contributed by atoms with E-state index in [1.54, 1.807) is 0 Å². The highest BCUT2D eigenvalue weighted by molar-refractivity contribution is 7.09. The molecule has 14 heavy (non-hydrogen) atoms. The fourth-order valence-corrected chi connectivity index (χ4v) is 2.78. The third-order valence-corrected chi connectivity index (χ3v) is 3.47. The van der Waals surface area contributed by atoms with Crippen molar-refractivity contribution in [3.05, 3.63) is 16.1 Å². The van der Waals surface area contributed by atoms with Crippen LogP contribution in [0.2, 0.25) is 0 Å². The van der Waals surface area contributed by atoms with Crippen LogP contribution in [0.15, 0.2) is 5.51 Å². The molecule has 1 saturated carbocycles. The zero-order chi connectivity index (χ0) is 10.2. The maximum atomic E-state index is 4.50. The van der Waals surface area contributed by atoms with Gasteiger partial charge in [-0.15, -0.1) is 11.3 Å². The van der Waals surface area contributed by atoms with Gasteiger partial charge in [0, 0.05) is 4.88 Å². The van der Waals surface area contributed by atoms with E-state index < -0.39 is 0 Å². The Kier molecular flexibility index (Phi) is 2.65. The van der Waals surface area contributed by atoms with E-state index in [-0.39, 0.29) is 0 Å². The molecule has 1 aromatic rings. The van der Waals surface area contributed by atoms with Gasteiger partial charge in [0.05, 0.1) is 11.2 Å². The van der Waals surface area contributed by atoms with E-state index in [9.17, 15) is 0 Å². The molecule has 1 heterocycles. The molecule has 0 atom stereocenters. The van der Waals surface area contributed by atoms with Gasteiger partial charge in [0.1, 0.15) is 0 Å². The number of aromatic nitrogens is 1. The summed E-state index contributed by atoms with van der Waals surface area (Å²) in [5, 5.41) is 0. The van der Waals surface area contributed by atoms with Crippen LogP contribution in [-0.2, 0) is 12.8 Å². The number of thiazole rings is 1. The number of hydrogen-bond acceptors (Lipinski definition) is 2. The monoisotopic (exact) mass is 209 g/mol. The Bertz CT molecular complexity index is 304. The van der Waals surface area contributed by atoms with Gasteiger partial charge in [0.2, 0.25) is 0 Å². The van der Waals surface area contributed by atoms with Crippen LogP contribution in [0.1, 0.15) is 44.2 Å². The van der Waals surface area contributed by atoms with Gasteiger partial charge in [-0.05, 0) is 37.0 Å². The predicted molar refractivity (Wildman–Crippen MR) is 61.7 cm³/mol. The molecule has 0 N–H and O–H groups in total. The molecule has 1 aliphatic rings. The summed E-state index contributed by atoms with van der Waals surface area (Å²) in [6.45, 7) is 6.90. The van der Waals surface area contributed by atoms with E-state index in [1.165, 1.54) is 36.3 Å². The van der Waals surface area contributed by atoms with E-state index in [1.807, 2.05) is 16.8 Å². The smallest absolute Gasteiger partial charge is 0.0797 e. The molecule has 0 bridgehead atoms. The topological polar surface area (TPSA) is 12.9 Å². The van der Waals surface area contributed by atoms with Crippen LogP contribution < -0.4 is 0 Å². The minimum absolute atomic E-state index is 0.394. The second-order valence-electron chi connectivity index (χ2n) is 5.61. The quantitative estimate of drug-likeness (QED) is 0.740. The predicted octanol–water partition coefficient (Wildman–Crippen LogP) is 3.68. The van der Waals surface area contributed by atoms with E-state index in [0.29, 0.717) is 5.41 Å². The average Bonchev–Trinajstić information content (AvgIpc) is 2.74. The van der Waals surface area contributed by atoms with Crippen LogP contribution in [0.25, 0.3) is 0 Å². The second kappa shape index (κ2) is 3.65. The molecule has 0 unspecified atom stereocenters. The zero-order valence-electron chi connectivity index (χ0n) is 9.34. The Morgan fingerprint density at radius 3 is 2.71 bits per heavy atom. The molecule has 0 aliphatic heterocycles. The summed E-state index contributed by atoms with van der Waals surface area (Å²) in [5.41, 5.74) is 3.79. The van der Waals surface area contributed by atoms with E-state index in [0.717, 1.165) is 5.92 Å². The molecular formula is C12H19NS. The van der Waals surface area contributed by atoms with Crippen LogP contribution in [0.3, 0.4) is 0 Å². The first-order chi connectivity index (χ1) is 6.54. The van der Waals surface area contributed by atoms with Crippen LogP contribution in [0.4, 0.5) is 0 Å². The third-order valence-electron chi connectivity index (χ3n) is 2.60. The fraction of sp³-hybridized carbons (Fsp3) is 0.750. The van der Waals surface area contributed by atoms with Crippen molar-refractivity contribution in [3.63, 3.8) is 0 Å². The van der Waals surface area contributed by atoms with Gasteiger partial charge in [0.25, 0.3) is 0 Å². The second-order valence-corrected chi connectivity index (χ2v) is 6.55. The molecule has 1 nitrogen and oxygen atoms in total.